The quantitative estimate of drug-likeness (QED) is 0.764. The summed E-state index contributed by atoms with van der Waals surface area (Å²) < 4.78 is 5.23. The average molecular weight is 251 g/mol. The number of hydrogen-bond donors (Lipinski definition) is 0. The number of methoxy groups -OCH3 is 1. The first kappa shape index (κ1) is 12.8. The summed E-state index contributed by atoms with van der Waals surface area (Å²) in [5, 5.41) is 17.4. The molecule has 0 spiro atoms. The average Bonchev–Trinajstić information content (AvgIpc) is 2.45. The zero-order valence-corrected chi connectivity index (χ0v) is 10.8. The Bertz CT molecular complexity index is 642. The van der Waals surface area contributed by atoms with Crippen molar-refractivity contribution >= 4 is 11.4 Å². The topological polar surface area (TPSA) is 57.7 Å². The molecular weight excluding hydrogens is 238 g/mol. The molecule has 0 atom stereocenters. The summed E-state index contributed by atoms with van der Waals surface area (Å²) >= 11 is 0. The predicted octanol–water partition coefficient (Wildman–Crippen LogP) is 4.29. The standard InChI is InChI=1S/C15H13N3O/c1-11-8-12(10-16)15(19-2)14(9-11)18-17-13-6-4-3-5-7-13/h3-9H,1-2H3. The molecule has 2 aromatic carbocycles. The van der Waals surface area contributed by atoms with Gasteiger partial charge in [-0.1, -0.05) is 18.2 Å². The van der Waals surface area contributed by atoms with Crippen LogP contribution in [0.5, 0.6) is 5.75 Å². The number of hydrogen-bond acceptors (Lipinski definition) is 4. The molecule has 0 N–H and O–H groups in total. The zero-order chi connectivity index (χ0) is 13.7. The minimum absolute atomic E-state index is 0.452. The molecule has 0 heterocycles. The Hall–Kier alpha value is -2.67. The summed E-state index contributed by atoms with van der Waals surface area (Å²) in [6, 6.07) is 15.1. The Morgan fingerprint density at radius 3 is 2.47 bits per heavy atom. The lowest BCUT2D eigenvalue weighted by atomic mass is 10.1. The highest BCUT2D eigenvalue weighted by Gasteiger charge is 2.09. The monoisotopic (exact) mass is 251 g/mol. The molecule has 4 heteroatoms. The Balaban J connectivity index is 2.43. The maximum Gasteiger partial charge on any atom is 0.164 e. The van der Waals surface area contributed by atoms with E-state index in [1.165, 1.54) is 7.11 Å². The van der Waals surface area contributed by atoms with Gasteiger partial charge in [0.25, 0.3) is 0 Å². The summed E-state index contributed by atoms with van der Waals surface area (Å²) in [5.41, 5.74) is 2.72. The van der Waals surface area contributed by atoms with Gasteiger partial charge >= 0.3 is 0 Å². The van der Waals surface area contributed by atoms with Crippen LogP contribution in [0.3, 0.4) is 0 Å². The van der Waals surface area contributed by atoms with Gasteiger partial charge in [0.2, 0.25) is 0 Å². The van der Waals surface area contributed by atoms with Gasteiger partial charge < -0.3 is 4.74 Å². The molecule has 0 aliphatic heterocycles. The van der Waals surface area contributed by atoms with Crippen molar-refractivity contribution in [1.29, 1.82) is 5.26 Å². The van der Waals surface area contributed by atoms with Crippen molar-refractivity contribution in [3.63, 3.8) is 0 Å². The van der Waals surface area contributed by atoms with E-state index in [0.29, 0.717) is 17.0 Å². The molecule has 19 heavy (non-hydrogen) atoms. The molecule has 0 aliphatic carbocycles. The number of azo groups is 1. The maximum absolute atomic E-state index is 9.08. The van der Waals surface area contributed by atoms with Crippen molar-refractivity contribution < 1.29 is 4.74 Å². The van der Waals surface area contributed by atoms with Crippen molar-refractivity contribution in [3.8, 4) is 11.8 Å². The minimum Gasteiger partial charge on any atom is -0.493 e. The van der Waals surface area contributed by atoms with E-state index < -0.39 is 0 Å². The van der Waals surface area contributed by atoms with Crippen LogP contribution in [0.4, 0.5) is 11.4 Å². The SMILES string of the molecule is COc1c(C#N)cc(C)cc1N=Nc1ccccc1. The van der Waals surface area contributed by atoms with E-state index in [0.717, 1.165) is 11.3 Å². The smallest absolute Gasteiger partial charge is 0.164 e. The second-order valence-electron chi connectivity index (χ2n) is 4.01. The van der Waals surface area contributed by atoms with Crippen molar-refractivity contribution in [2.75, 3.05) is 7.11 Å². The van der Waals surface area contributed by atoms with E-state index in [-0.39, 0.29) is 0 Å². The van der Waals surface area contributed by atoms with Gasteiger partial charge in [-0.15, -0.1) is 5.11 Å². The molecule has 2 aromatic rings. The number of nitrogens with zero attached hydrogens (tertiary/aromatic N) is 3. The third kappa shape index (κ3) is 2.96. The molecule has 0 radical (unpaired) electrons. The van der Waals surface area contributed by atoms with E-state index in [4.69, 9.17) is 10.00 Å². The van der Waals surface area contributed by atoms with Crippen LogP contribution < -0.4 is 4.74 Å². The van der Waals surface area contributed by atoms with Gasteiger partial charge in [-0.3, -0.25) is 0 Å². The Labute approximate surface area is 112 Å². The van der Waals surface area contributed by atoms with Crippen LogP contribution in [-0.2, 0) is 0 Å². The van der Waals surface area contributed by atoms with Crippen LogP contribution in [-0.4, -0.2) is 7.11 Å². The molecule has 0 aromatic heterocycles. The molecule has 0 amide bonds. The van der Waals surface area contributed by atoms with E-state index in [1.54, 1.807) is 6.07 Å². The van der Waals surface area contributed by atoms with Gasteiger partial charge in [0, 0.05) is 0 Å². The summed E-state index contributed by atoms with van der Waals surface area (Å²) in [6.45, 7) is 1.90. The molecule has 0 saturated carbocycles. The summed E-state index contributed by atoms with van der Waals surface area (Å²) in [4.78, 5) is 0. The highest BCUT2D eigenvalue weighted by atomic mass is 16.5. The highest BCUT2D eigenvalue weighted by molar-refractivity contribution is 5.62. The van der Waals surface area contributed by atoms with Crippen LogP contribution in [0.15, 0.2) is 52.7 Å². The van der Waals surface area contributed by atoms with Crippen LogP contribution in [0, 0.1) is 18.3 Å². The molecule has 2 rings (SSSR count). The van der Waals surface area contributed by atoms with Gasteiger partial charge in [0.1, 0.15) is 11.8 Å². The molecule has 4 nitrogen and oxygen atoms in total. The first-order valence-corrected chi connectivity index (χ1v) is 5.80. The molecule has 0 bridgehead atoms. The fraction of sp³-hybridized carbons (Fsp3) is 0.133. The van der Waals surface area contributed by atoms with Crippen LogP contribution in [0.2, 0.25) is 0 Å². The molecule has 0 saturated heterocycles. The van der Waals surface area contributed by atoms with E-state index in [1.807, 2.05) is 43.3 Å². The van der Waals surface area contributed by atoms with Gasteiger partial charge in [0.15, 0.2) is 5.75 Å². The first-order valence-electron chi connectivity index (χ1n) is 5.80. The number of aryl methyl sites for hydroxylation is 1. The van der Waals surface area contributed by atoms with Gasteiger partial charge in [-0.05, 0) is 36.8 Å². The molecule has 0 unspecified atom stereocenters. The Morgan fingerprint density at radius 2 is 1.84 bits per heavy atom. The second-order valence-corrected chi connectivity index (χ2v) is 4.01. The fourth-order valence-corrected chi connectivity index (χ4v) is 1.73. The maximum atomic E-state index is 9.08. The fourth-order valence-electron chi connectivity index (χ4n) is 1.73. The minimum atomic E-state index is 0.452. The van der Waals surface area contributed by atoms with Crippen LogP contribution in [0.1, 0.15) is 11.1 Å². The Morgan fingerprint density at radius 1 is 1.11 bits per heavy atom. The van der Waals surface area contributed by atoms with Crippen molar-refractivity contribution in [3.05, 3.63) is 53.6 Å². The number of benzene rings is 2. The van der Waals surface area contributed by atoms with Gasteiger partial charge in [0.05, 0.1) is 18.4 Å². The Kier molecular flexibility index (Phi) is 3.89. The van der Waals surface area contributed by atoms with Crippen molar-refractivity contribution in [2.24, 2.45) is 10.2 Å². The lowest BCUT2D eigenvalue weighted by Gasteiger charge is -2.06. The third-order valence-corrected chi connectivity index (χ3v) is 2.57. The van der Waals surface area contributed by atoms with Crippen LogP contribution >= 0.6 is 0 Å². The van der Waals surface area contributed by atoms with E-state index in [9.17, 15) is 0 Å². The summed E-state index contributed by atoms with van der Waals surface area (Å²) in [6.07, 6.45) is 0. The molecule has 0 aliphatic rings. The van der Waals surface area contributed by atoms with E-state index >= 15 is 0 Å². The molecule has 94 valence electrons. The highest BCUT2D eigenvalue weighted by Crippen LogP contribution is 2.33. The number of ether oxygens (including phenoxy) is 1. The number of nitriles is 1. The lowest BCUT2D eigenvalue weighted by molar-refractivity contribution is 0.414. The van der Waals surface area contributed by atoms with Crippen molar-refractivity contribution in [2.45, 2.75) is 6.92 Å². The third-order valence-electron chi connectivity index (χ3n) is 2.57. The van der Waals surface area contributed by atoms with Gasteiger partial charge in [-0.2, -0.15) is 10.4 Å². The summed E-state index contributed by atoms with van der Waals surface area (Å²) in [7, 11) is 1.52. The summed E-state index contributed by atoms with van der Waals surface area (Å²) in [5.74, 6) is 0.452. The van der Waals surface area contributed by atoms with Crippen molar-refractivity contribution in [1.82, 2.24) is 0 Å². The number of rotatable bonds is 3. The van der Waals surface area contributed by atoms with Crippen LogP contribution in [0.25, 0.3) is 0 Å². The normalized spacial score (nSPS) is 10.4. The lowest BCUT2D eigenvalue weighted by Crippen LogP contribution is -1.89. The largest absolute Gasteiger partial charge is 0.493 e. The second kappa shape index (κ2) is 5.78. The molecule has 0 fully saturated rings. The first-order chi connectivity index (χ1) is 9.24. The predicted molar refractivity (Wildman–Crippen MR) is 73.1 cm³/mol. The zero-order valence-electron chi connectivity index (χ0n) is 10.8. The molecular formula is C15H13N3O. The van der Waals surface area contributed by atoms with Gasteiger partial charge in [-0.25, -0.2) is 0 Å². The van der Waals surface area contributed by atoms with E-state index in [2.05, 4.69) is 16.3 Å².